The van der Waals surface area contributed by atoms with Crippen molar-refractivity contribution >= 4 is 11.7 Å². The first-order valence-electron chi connectivity index (χ1n) is 7.98. The van der Waals surface area contributed by atoms with Crippen LogP contribution >= 0.6 is 0 Å². The lowest BCUT2D eigenvalue weighted by Gasteiger charge is -2.29. The summed E-state index contributed by atoms with van der Waals surface area (Å²) in [7, 11) is 0. The zero-order valence-corrected chi connectivity index (χ0v) is 13.0. The molecule has 0 saturated heterocycles. The van der Waals surface area contributed by atoms with E-state index in [9.17, 15) is 4.79 Å². The number of nitrogens with one attached hydrogen (secondary N) is 1. The monoisotopic (exact) mass is 294 g/mol. The molecule has 22 heavy (non-hydrogen) atoms. The highest BCUT2D eigenvalue weighted by Crippen LogP contribution is 2.19. The van der Waals surface area contributed by atoms with Crippen LogP contribution in [0.25, 0.3) is 0 Å². The van der Waals surface area contributed by atoms with Crippen LogP contribution in [0.5, 0.6) is 0 Å². The maximum absolute atomic E-state index is 12.4. The Morgan fingerprint density at radius 1 is 1.09 bits per heavy atom. The van der Waals surface area contributed by atoms with Crippen LogP contribution in [0.4, 0.5) is 10.5 Å². The number of urea groups is 1. The summed E-state index contributed by atoms with van der Waals surface area (Å²) in [5, 5.41) is 3.00. The minimum Gasteiger partial charge on any atom is -0.320 e. The maximum atomic E-state index is 12.4. The van der Waals surface area contributed by atoms with E-state index in [1.54, 1.807) is 0 Å². The highest BCUT2D eigenvalue weighted by atomic mass is 16.2. The van der Waals surface area contributed by atoms with Crippen molar-refractivity contribution in [2.75, 3.05) is 11.9 Å². The van der Waals surface area contributed by atoms with Crippen LogP contribution in [0.3, 0.4) is 0 Å². The van der Waals surface area contributed by atoms with E-state index in [1.807, 2.05) is 23.1 Å². The molecule has 0 radical (unpaired) electrons. The zero-order valence-electron chi connectivity index (χ0n) is 13.0. The number of carbonyl (C=O) groups is 1. The molecule has 1 heterocycles. The van der Waals surface area contributed by atoms with Gasteiger partial charge in [0.05, 0.1) is 0 Å². The van der Waals surface area contributed by atoms with Gasteiger partial charge in [-0.15, -0.1) is 0 Å². The molecule has 2 aromatic carbocycles. The summed E-state index contributed by atoms with van der Waals surface area (Å²) in [6.45, 7) is 3.64. The molecular formula is C19H22N2O. The predicted molar refractivity (Wildman–Crippen MR) is 90.0 cm³/mol. The number of aryl methyl sites for hydroxylation is 1. The molecule has 0 aliphatic carbocycles. The van der Waals surface area contributed by atoms with Gasteiger partial charge in [0, 0.05) is 18.8 Å². The summed E-state index contributed by atoms with van der Waals surface area (Å²) in [6.07, 6.45) is 3.15. The molecule has 0 unspecified atom stereocenters. The van der Waals surface area contributed by atoms with Crippen molar-refractivity contribution in [1.29, 1.82) is 0 Å². The summed E-state index contributed by atoms with van der Waals surface area (Å²) in [6, 6.07) is 16.5. The summed E-state index contributed by atoms with van der Waals surface area (Å²) in [5.74, 6) is 0. The molecule has 0 atom stereocenters. The highest BCUT2D eigenvalue weighted by Gasteiger charge is 2.20. The van der Waals surface area contributed by atoms with Gasteiger partial charge in [0.25, 0.3) is 0 Å². The molecule has 114 valence electrons. The molecule has 3 nitrogen and oxygen atoms in total. The Bertz CT molecular complexity index is 649. The molecule has 0 fully saturated rings. The molecule has 1 aliphatic rings. The van der Waals surface area contributed by atoms with Gasteiger partial charge in [-0.1, -0.05) is 49.7 Å². The van der Waals surface area contributed by atoms with Crippen LogP contribution < -0.4 is 5.32 Å². The number of fused-ring (bicyclic) bond motifs is 1. The predicted octanol–water partition coefficient (Wildman–Crippen LogP) is 4.23. The van der Waals surface area contributed by atoms with Crippen molar-refractivity contribution in [2.24, 2.45) is 0 Å². The van der Waals surface area contributed by atoms with Crippen molar-refractivity contribution in [1.82, 2.24) is 4.90 Å². The smallest absolute Gasteiger partial charge is 0.320 e. The second-order valence-electron chi connectivity index (χ2n) is 5.82. The second kappa shape index (κ2) is 6.65. The summed E-state index contributed by atoms with van der Waals surface area (Å²) < 4.78 is 0. The Morgan fingerprint density at radius 2 is 1.82 bits per heavy atom. The fourth-order valence-electron chi connectivity index (χ4n) is 2.92. The number of benzene rings is 2. The molecule has 1 aliphatic heterocycles. The van der Waals surface area contributed by atoms with E-state index >= 15 is 0 Å². The Balaban J connectivity index is 1.63. The van der Waals surface area contributed by atoms with Gasteiger partial charge in [0.2, 0.25) is 0 Å². The van der Waals surface area contributed by atoms with Crippen LogP contribution in [0.15, 0.2) is 48.5 Å². The van der Waals surface area contributed by atoms with Crippen LogP contribution in [-0.4, -0.2) is 17.5 Å². The fourth-order valence-corrected chi connectivity index (χ4v) is 2.92. The van der Waals surface area contributed by atoms with Gasteiger partial charge >= 0.3 is 6.03 Å². The molecule has 2 amide bonds. The lowest BCUT2D eigenvalue weighted by Crippen LogP contribution is -2.38. The van der Waals surface area contributed by atoms with Gasteiger partial charge in [-0.05, 0) is 41.7 Å². The lowest BCUT2D eigenvalue weighted by molar-refractivity contribution is 0.206. The maximum Gasteiger partial charge on any atom is 0.322 e. The van der Waals surface area contributed by atoms with Crippen molar-refractivity contribution in [3.63, 3.8) is 0 Å². The van der Waals surface area contributed by atoms with E-state index in [-0.39, 0.29) is 6.03 Å². The molecule has 0 saturated carbocycles. The van der Waals surface area contributed by atoms with Crippen molar-refractivity contribution in [3.8, 4) is 0 Å². The quantitative estimate of drug-likeness (QED) is 0.902. The van der Waals surface area contributed by atoms with Gasteiger partial charge in [0.15, 0.2) is 0 Å². The summed E-state index contributed by atoms with van der Waals surface area (Å²) in [4.78, 5) is 14.3. The SMILES string of the molecule is CCCc1ccc(NC(=O)N2CCc3ccccc3C2)cc1. The Morgan fingerprint density at radius 3 is 2.55 bits per heavy atom. The number of hydrogen-bond donors (Lipinski definition) is 1. The van der Waals surface area contributed by atoms with Crippen LogP contribution in [0, 0.1) is 0 Å². The van der Waals surface area contributed by atoms with E-state index in [0.717, 1.165) is 31.5 Å². The minimum absolute atomic E-state index is 0.0160. The standard InChI is InChI=1S/C19H22N2O/c1-2-5-15-8-10-18(11-9-15)20-19(22)21-13-12-16-6-3-4-7-17(16)14-21/h3-4,6-11H,2,5,12-14H2,1H3,(H,20,22). The average molecular weight is 294 g/mol. The van der Waals surface area contributed by atoms with E-state index in [0.29, 0.717) is 6.54 Å². The number of rotatable bonds is 3. The zero-order chi connectivity index (χ0) is 15.4. The second-order valence-corrected chi connectivity index (χ2v) is 5.82. The third kappa shape index (κ3) is 3.30. The molecular weight excluding hydrogens is 272 g/mol. The van der Waals surface area contributed by atoms with Gasteiger partial charge in [-0.2, -0.15) is 0 Å². The molecule has 3 heteroatoms. The molecule has 3 rings (SSSR count). The van der Waals surface area contributed by atoms with Gasteiger partial charge in [0.1, 0.15) is 0 Å². The minimum atomic E-state index is -0.0160. The molecule has 0 bridgehead atoms. The van der Waals surface area contributed by atoms with Gasteiger partial charge in [-0.25, -0.2) is 4.79 Å². The van der Waals surface area contributed by atoms with Crippen LogP contribution in [-0.2, 0) is 19.4 Å². The van der Waals surface area contributed by atoms with Crippen molar-refractivity contribution in [3.05, 3.63) is 65.2 Å². The molecule has 2 aromatic rings. The third-order valence-electron chi connectivity index (χ3n) is 4.16. The Labute approximate surface area is 132 Å². The number of nitrogens with zero attached hydrogens (tertiary/aromatic N) is 1. The van der Waals surface area contributed by atoms with Crippen molar-refractivity contribution in [2.45, 2.75) is 32.7 Å². The largest absolute Gasteiger partial charge is 0.322 e. The summed E-state index contributed by atoms with van der Waals surface area (Å²) >= 11 is 0. The van der Waals surface area contributed by atoms with E-state index in [2.05, 4.69) is 42.6 Å². The number of amides is 2. The van der Waals surface area contributed by atoms with E-state index in [1.165, 1.54) is 16.7 Å². The molecule has 0 aromatic heterocycles. The Kier molecular flexibility index (Phi) is 4.42. The highest BCUT2D eigenvalue weighted by molar-refractivity contribution is 5.89. The van der Waals surface area contributed by atoms with Crippen molar-refractivity contribution < 1.29 is 4.79 Å². The lowest BCUT2D eigenvalue weighted by atomic mass is 10.0. The number of hydrogen-bond acceptors (Lipinski definition) is 1. The van der Waals surface area contributed by atoms with Crippen LogP contribution in [0.2, 0.25) is 0 Å². The van der Waals surface area contributed by atoms with Gasteiger partial charge in [-0.3, -0.25) is 0 Å². The Hall–Kier alpha value is -2.29. The first-order chi connectivity index (χ1) is 10.8. The molecule has 1 N–H and O–H groups in total. The first-order valence-corrected chi connectivity index (χ1v) is 7.98. The van der Waals surface area contributed by atoms with E-state index in [4.69, 9.17) is 0 Å². The third-order valence-corrected chi connectivity index (χ3v) is 4.16. The van der Waals surface area contributed by atoms with E-state index < -0.39 is 0 Å². The topological polar surface area (TPSA) is 32.3 Å². The van der Waals surface area contributed by atoms with Gasteiger partial charge < -0.3 is 10.2 Å². The normalized spacial score (nSPS) is 13.6. The first kappa shape index (κ1) is 14.6. The average Bonchev–Trinajstić information content (AvgIpc) is 2.56. The fraction of sp³-hybridized carbons (Fsp3) is 0.316. The number of anilines is 1. The molecule has 0 spiro atoms. The van der Waals surface area contributed by atoms with Crippen LogP contribution in [0.1, 0.15) is 30.0 Å². The summed E-state index contributed by atoms with van der Waals surface area (Å²) in [5.41, 5.74) is 4.79. The number of carbonyl (C=O) groups excluding carboxylic acids is 1.